The number of aliphatic hydroxyl groups is 1. The highest BCUT2D eigenvalue weighted by Gasteiger charge is 2.30. The molecule has 1 saturated heterocycles. The van der Waals surface area contributed by atoms with Crippen LogP contribution in [0.1, 0.15) is 18.4 Å². The molecule has 16 heavy (non-hydrogen) atoms. The van der Waals surface area contributed by atoms with Gasteiger partial charge in [-0.3, -0.25) is 0 Å². The molecule has 0 spiro atoms. The number of nitrogens with zero attached hydrogens (tertiary/aromatic N) is 1. The normalized spacial score (nSPS) is 16.8. The Morgan fingerprint density at radius 3 is 2.19 bits per heavy atom. The average Bonchev–Trinajstić information content (AvgIpc) is 2.83. The zero-order valence-electron chi connectivity index (χ0n) is 9.00. The Hall–Kier alpha value is -1.16. The zero-order valence-corrected chi connectivity index (χ0v) is 9.00. The zero-order chi connectivity index (χ0) is 11.6. The first kappa shape index (κ1) is 11.3. The van der Waals surface area contributed by atoms with Crippen LogP contribution in [0.2, 0.25) is 0 Å². The molecule has 2 nitrogen and oxygen atoms in total. The molecule has 4 heteroatoms. The summed E-state index contributed by atoms with van der Waals surface area (Å²) in [4.78, 5) is 2.18. The summed E-state index contributed by atoms with van der Waals surface area (Å²) in [7, 11) is 0. The van der Waals surface area contributed by atoms with Gasteiger partial charge in [-0.05, 0) is 25.0 Å². The van der Waals surface area contributed by atoms with E-state index in [0.29, 0.717) is 0 Å². The lowest BCUT2D eigenvalue weighted by atomic mass is 10.1. The van der Waals surface area contributed by atoms with E-state index in [9.17, 15) is 8.78 Å². The molecule has 0 saturated carbocycles. The van der Waals surface area contributed by atoms with Crippen molar-refractivity contribution in [3.8, 4) is 0 Å². The Morgan fingerprint density at radius 1 is 1.12 bits per heavy atom. The minimum absolute atomic E-state index is 0.127. The molecule has 1 heterocycles. The quantitative estimate of drug-likeness (QED) is 0.857. The van der Waals surface area contributed by atoms with Crippen LogP contribution in [0, 0.1) is 0 Å². The predicted molar refractivity (Wildman–Crippen MR) is 58.9 cm³/mol. The van der Waals surface area contributed by atoms with Crippen LogP contribution in [0.15, 0.2) is 24.3 Å². The topological polar surface area (TPSA) is 23.5 Å². The highest BCUT2D eigenvalue weighted by molar-refractivity contribution is 5.48. The van der Waals surface area contributed by atoms with Crippen LogP contribution >= 0.6 is 0 Å². The maximum Gasteiger partial charge on any atom is 0.295 e. The van der Waals surface area contributed by atoms with E-state index in [0.717, 1.165) is 31.6 Å². The van der Waals surface area contributed by atoms with E-state index in [4.69, 9.17) is 5.11 Å². The number of hydrogen-bond acceptors (Lipinski definition) is 2. The van der Waals surface area contributed by atoms with Gasteiger partial charge in [0.25, 0.3) is 5.92 Å². The van der Waals surface area contributed by atoms with E-state index in [1.807, 2.05) is 0 Å². The SMILES string of the molecule is OCC(F)(F)c1ccc(N2CCCC2)cc1. The maximum absolute atomic E-state index is 13.1. The fourth-order valence-corrected chi connectivity index (χ4v) is 1.98. The van der Waals surface area contributed by atoms with Crippen LogP contribution < -0.4 is 4.90 Å². The van der Waals surface area contributed by atoms with E-state index < -0.39 is 12.5 Å². The molecule has 0 bridgehead atoms. The molecule has 0 unspecified atom stereocenters. The number of rotatable bonds is 3. The molecular weight excluding hydrogens is 212 g/mol. The van der Waals surface area contributed by atoms with Gasteiger partial charge in [0.05, 0.1) is 0 Å². The third kappa shape index (κ3) is 2.16. The molecule has 2 rings (SSSR count). The molecule has 0 radical (unpaired) electrons. The number of anilines is 1. The first-order chi connectivity index (χ1) is 7.63. The summed E-state index contributed by atoms with van der Waals surface area (Å²) in [6.45, 7) is 0.849. The van der Waals surface area contributed by atoms with Crippen molar-refractivity contribution in [3.05, 3.63) is 29.8 Å². The Morgan fingerprint density at radius 2 is 1.69 bits per heavy atom. The van der Waals surface area contributed by atoms with Gasteiger partial charge in [0.2, 0.25) is 0 Å². The van der Waals surface area contributed by atoms with E-state index in [1.54, 1.807) is 12.1 Å². The van der Waals surface area contributed by atoms with Crippen molar-refractivity contribution in [2.24, 2.45) is 0 Å². The molecule has 1 aliphatic rings. The van der Waals surface area contributed by atoms with Crippen molar-refractivity contribution in [1.29, 1.82) is 0 Å². The molecule has 0 aromatic heterocycles. The van der Waals surface area contributed by atoms with Gasteiger partial charge in [0, 0.05) is 24.3 Å². The Bertz CT molecular complexity index is 345. The molecule has 1 aromatic rings. The van der Waals surface area contributed by atoms with Crippen LogP contribution in [0.25, 0.3) is 0 Å². The van der Waals surface area contributed by atoms with Crippen LogP contribution in [-0.2, 0) is 5.92 Å². The molecule has 1 aromatic carbocycles. The van der Waals surface area contributed by atoms with E-state index in [2.05, 4.69) is 4.90 Å². The lowest BCUT2D eigenvalue weighted by molar-refractivity contribution is -0.0556. The van der Waals surface area contributed by atoms with Crippen molar-refractivity contribution in [2.75, 3.05) is 24.6 Å². The summed E-state index contributed by atoms with van der Waals surface area (Å²) in [6, 6.07) is 6.18. The largest absolute Gasteiger partial charge is 0.390 e. The van der Waals surface area contributed by atoms with Crippen LogP contribution in [0.5, 0.6) is 0 Å². The Kier molecular flexibility index (Phi) is 3.10. The van der Waals surface area contributed by atoms with Crippen molar-refractivity contribution >= 4 is 5.69 Å². The predicted octanol–water partition coefficient (Wildman–Crippen LogP) is 2.37. The van der Waals surface area contributed by atoms with Crippen molar-refractivity contribution in [1.82, 2.24) is 0 Å². The second-order valence-electron chi connectivity index (χ2n) is 4.10. The fraction of sp³-hybridized carbons (Fsp3) is 0.500. The molecule has 1 aliphatic heterocycles. The first-order valence-electron chi connectivity index (χ1n) is 5.48. The average molecular weight is 227 g/mol. The third-order valence-corrected chi connectivity index (χ3v) is 2.96. The van der Waals surface area contributed by atoms with Gasteiger partial charge in [0.1, 0.15) is 6.61 Å². The number of benzene rings is 1. The molecule has 0 aliphatic carbocycles. The van der Waals surface area contributed by atoms with Gasteiger partial charge in [-0.25, -0.2) is 0 Å². The van der Waals surface area contributed by atoms with Crippen LogP contribution in [0.3, 0.4) is 0 Å². The molecular formula is C12H15F2NO. The Labute approximate surface area is 93.5 Å². The molecule has 0 amide bonds. The first-order valence-corrected chi connectivity index (χ1v) is 5.48. The number of aliphatic hydroxyl groups excluding tert-OH is 1. The van der Waals surface area contributed by atoms with E-state index >= 15 is 0 Å². The minimum atomic E-state index is -3.14. The smallest absolute Gasteiger partial charge is 0.295 e. The summed E-state index contributed by atoms with van der Waals surface area (Å²) < 4.78 is 26.3. The van der Waals surface area contributed by atoms with Crippen molar-refractivity contribution in [2.45, 2.75) is 18.8 Å². The van der Waals surface area contributed by atoms with E-state index in [-0.39, 0.29) is 5.56 Å². The van der Waals surface area contributed by atoms with Gasteiger partial charge in [-0.1, -0.05) is 12.1 Å². The van der Waals surface area contributed by atoms with Gasteiger partial charge in [-0.2, -0.15) is 8.78 Å². The molecule has 88 valence electrons. The second-order valence-corrected chi connectivity index (χ2v) is 4.10. The highest BCUT2D eigenvalue weighted by atomic mass is 19.3. The summed E-state index contributed by atoms with van der Waals surface area (Å²) in [6.07, 6.45) is 2.32. The lowest BCUT2D eigenvalue weighted by Crippen LogP contribution is -2.20. The van der Waals surface area contributed by atoms with Crippen LogP contribution in [-0.4, -0.2) is 24.8 Å². The summed E-state index contributed by atoms with van der Waals surface area (Å²) in [5.74, 6) is -3.14. The third-order valence-electron chi connectivity index (χ3n) is 2.96. The van der Waals surface area contributed by atoms with Gasteiger partial charge in [0.15, 0.2) is 0 Å². The molecule has 1 fully saturated rings. The minimum Gasteiger partial charge on any atom is -0.390 e. The highest BCUT2D eigenvalue weighted by Crippen LogP contribution is 2.29. The molecule has 0 atom stereocenters. The van der Waals surface area contributed by atoms with Gasteiger partial charge >= 0.3 is 0 Å². The number of halogens is 2. The summed E-state index contributed by atoms with van der Waals surface area (Å²) in [5, 5.41) is 8.57. The summed E-state index contributed by atoms with van der Waals surface area (Å²) >= 11 is 0. The fourth-order valence-electron chi connectivity index (χ4n) is 1.98. The summed E-state index contributed by atoms with van der Waals surface area (Å²) in [5.41, 5.74) is 0.855. The van der Waals surface area contributed by atoms with Crippen molar-refractivity contribution in [3.63, 3.8) is 0 Å². The molecule has 1 N–H and O–H groups in total. The monoisotopic (exact) mass is 227 g/mol. The van der Waals surface area contributed by atoms with E-state index in [1.165, 1.54) is 12.1 Å². The number of hydrogen-bond donors (Lipinski definition) is 1. The van der Waals surface area contributed by atoms with Gasteiger partial charge < -0.3 is 10.0 Å². The second kappa shape index (κ2) is 4.37. The maximum atomic E-state index is 13.1. The van der Waals surface area contributed by atoms with Crippen molar-refractivity contribution < 1.29 is 13.9 Å². The number of alkyl halides is 2. The van der Waals surface area contributed by atoms with Gasteiger partial charge in [-0.15, -0.1) is 0 Å². The standard InChI is InChI=1S/C12H15F2NO/c13-12(14,9-16)10-3-5-11(6-4-10)15-7-1-2-8-15/h3-6,16H,1-2,7-9H2. The Balaban J connectivity index is 2.15. The van der Waals surface area contributed by atoms with Crippen LogP contribution in [0.4, 0.5) is 14.5 Å². The lowest BCUT2D eigenvalue weighted by Gasteiger charge is -2.19.